The van der Waals surface area contributed by atoms with Gasteiger partial charge in [0.1, 0.15) is 9.88 Å². The van der Waals surface area contributed by atoms with Crippen LogP contribution >= 0.6 is 39.0 Å². The van der Waals surface area contributed by atoms with Crippen LogP contribution in [-0.4, -0.2) is 18.1 Å². The topological polar surface area (TPSA) is 39.2 Å². The summed E-state index contributed by atoms with van der Waals surface area (Å²) in [6, 6.07) is 8.08. The minimum atomic E-state index is -0.328. The molecule has 1 heterocycles. The molecule has 0 fully saturated rings. The Labute approximate surface area is 122 Å². The summed E-state index contributed by atoms with van der Waals surface area (Å²) in [5.41, 5.74) is 0. The highest BCUT2D eigenvalue weighted by Gasteiger charge is 2.10. The number of aromatic nitrogens is 1. The molecule has 0 spiro atoms. The molecule has 0 saturated heterocycles. The molecule has 6 heteroatoms. The van der Waals surface area contributed by atoms with Crippen LogP contribution in [0.2, 0.25) is 0 Å². The Balaban J connectivity index is 1.98. The molecule has 3 nitrogen and oxygen atoms in total. The SMILES string of the molecule is COC(=O)c1cnc(CSc2cccc(Br)c2)s1. The third kappa shape index (κ3) is 3.57. The lowest BCUT2D eigenvalue weighted by atomic mass is 10.4. The van der Waals surface area contributed by atoms with Gasteiger partial charge in [-0.15, -0.1) is 23.1 Å². The predicted octanol–water partition coefficient (Wildman–Crippen LogP) is 3.98. The molecule has 0 saturated carbocycles. The molecule has 0 amide bonds. The van der Waals surface area contributed by atoms with Gasteiger partial charge >= 0.3 is 5.97 Å². The van der Waals surface area contributed by atoms with Gasteiger partial charge in [0.25, 0.3) is 0 Å². The molecule has 0 aliphatic carbocycles. The largest absolute Gasteiger partial charge is 0.465 e. The van der Waals surface area contributed by atoms with Crippen LogP contribution in [0.3, 0.4) is 0 Å². The Kier molecular flexibility index (Phi) is 4.79. The Morgan fingerprint density at radius 2 is 2.39 bits per heavy atom. The number of thioether (sulfide) groups is 1. The molecule has 0 aliphatic heterocycles. The molecular weight excluding hydrogens is 334 g/mol. The fraction of sp³-hybridized carbons (Fsp3) is 0.167. The van der Waals surface area contributed by atoms with E-state index in [0.717, 1.165) is 15.2 Å². The first kappa shape index (κ1) is 13.6. The highest BCUT2D eigenvalue weighted by atomic mass is 79.9. The van der Waals surface area contributed by atoms with Crippen molar-refractivity contribution in [3.63, 3.8) is 0 Å². The summed E-state index contributed by atoms with van der Waals surface area (Å²) in [6.07, 6.45) is 1.56. The van der Waals surface area contributed by atoms with E-state index in [1.54, 1.807) is 18.0 Å². The zero-order chi connectivity index (χ0) is 13.0. The number of benzene rings is 1. The summed E-state index contributed by atoms with van der Waals surface area (Å²) in [7, 11) is 1.37. The van der Waals surface area contributed by atoms with Gasteiger partial charge in [-0.25, -0.2) is 9.78 Å². The molecule has 18 heavy (non-hydrogen) atoms. The van der Waals surface area contributed by atoms with E-state index in [0.29, 0.717) is 4.88 Å². The second-order valence-corrected chi connectivity index (χ2v) is 6.44. The van der Waals surface area contributed by atoms with Crippen molar-refractivity contribution < 1.29 is 9.53 Å². The second kappa shape index (κ2) is 6.36. The van der Waals surface area contributed by atoms with Crippen molar-refractivity contribution in [1.29, 1.82) is 0 Å². The van der Waals surface area contributed by atoms with Crippen molar-refractivity contribution in [1.82, 2.24) is 4.98 Å². The van der Waals surface area contributed by atoms with Crippen molar-refractivity contribution in [3.05, 3.63) is 44.8 Å². The van der Waals surface area contributed by atoms with E-state index >= 15 is 0 Å². The van der Waals surface area contributed by atoms with Crippen LogP contribution < -0.4 is 0 Å². The number of carbonyl (C=O) groups is 1. The zero-order valence-electron chi connectivity index (χ0n) is 9.55. The normalized spacial score (nSPS) is 10.3. The highest BCUT2D eigenvalue weighted by Crippen LogP contribution is 2.27. The number of carbonyl (C=O) groups excluding carboxylic acids is 1. The fourth-order valence-electron chi connectivity index (χ4n) is 1.27. The van der Waals surface area contributed by atoms with Gasteiger partial charge in [0.05, 0.1) is 19.1 Å². The van der Waals surface area contributed by atoms with E-state index in [4.69, 9.17) is 0 Å². The number of halogens is 1. The number of thiazole rings is 1. The van der Waals surface area contributed by atoms with E-state index in [1.165, 1.54) is 23.3 Å². The van der Waals surface area contributed by atoms with E-state index in [-0.39, 0.29) is 5.97 Å². The maximum Gasteiger partial charge on any atom is 0.349 e. The molecule has 2 rings (SSSR count). The molecule has 0 unspecified atom stereocenters. The Morgan fingerprint density at radius 3 is 3.11 bits per heavy atom. The molecule has 0 radical (unpaired) electrons. The molecule has 0 aliphatic rings. The quantitative estimate of drug-likeness (QED) is 0.621. The van der Waals surface area contributed by atoms with E-state index in [1.807, 2.05) is 18.2 Å². The van der Waals surface area contributed by atoms with Gasteiger partial charge in [-0.1, -0.05) is 22.0 Å². The van der Waals surface area contributed by atoms with Crippen molar-refractivity contribution >= 4 is 45.0 Å². The van der Waals surface area contributed by atoms with E-state index in [2.05, 4.69) is 31.7 Å². The smallest absolute Gasteiger partial charge is 0.349 e. The van der Waals surface area contributed by atoms with Crippen molar-refractivity contribution in [2.24, 2.45) is 0 Å². The Morgan fingerprint density at radius 1 is 1.56 bits per heavy atom. The number of methoxy groups -OCH3 is 1. The van der Waals surface area contributed by atoms with Gasteiger partial charge in [0.2, 0.25) is 0 Å². The third-order valence-corrected chi connectivity index (χ3v) is 4.76. The highest BCUT2D eigenvalue weighted by molar-refractivity contribution is 9.10. The molecule has 94 valence electrons. The van der Waals surface area contributed by atoms with Crippen LogP contribution in [0.4, 0.5) is 0 Å². The number of ether oxygens (including phenoxy) is 1. The Hall–Kier alpha value is -0.850. The average Bonchev–Trinajstić information content (AvgIpc) is 2.84. The molecule has 1 aromatic carbocycles. The van der Waals surface area contributed by atoms with Crippen LogP contribution in [-0.2, 0) is 10.5 Å². The standard InChI is InChI=1S/C12H10BrNO2S2/c1-16-12(15)10-6-14-11(18-10)7-17-9-4-2-3-8(13)5-9/h2-6H,7H2,1H3. The zero-order valence-corrected chi connectivity index (χ0v) is 12.8. The van der Waals surface area contributed by atoms with Gasteiger partial charge in [-0.2, -0.15) is 0 Å². The van der Waals surface area contributed by atoms with Gasteiger partial charge in [0.15, 0.2) is 0 Å². The van der Waals surface area contributed by atoms with Crippen LogP contribution in [0.15, 0.2) is 39.8 Å². The third-order valence-electron chi connectivity index (χ3n) is 2.10. The summed E-state index contributed by atoms with van der Waals surface area (Å²) in [4.78, 5) is 17.2. The van der Waals surface area contributed by atoms with Crippen LogP contribution in [0.25, 0.3) is 0 Å². The van der Waals surface area contributed by atoms with Crippen LogP contribution in [0.1, 0.15) is 14.7 Å². The first-order chi connectivity index (χ1) is 8.69. The summed E-state index contributed by atoms with van der Waals surface area (Å²) in [6.45, 7) is 0. The molecule has 2 aromatic rings. The van der Waals surface area contributed by atoms with E-state index < -0.39 is 0 Å². The van der Waals surface area contributed by atoms with Crippen LogP contribution in [0.5, 0.6) is 0 Å². The number of esters is 1. The molecule has 0 bridgehead atoms. The summed E-state index contributed by atoms with van der Waals surface area (Å²) < 4.78 is 5.70. The molecule has 0 atom stereocenters. The second-order valence-electron chi connectivity index (χ2n) is 3.36. The summed E-state index contributed by atoms with van der Waals surface area (Å²) >= 11 is 6.49. The lowest BCUT2D eigenvalue weighted by Crippen LogP contribution is -1.96. The number of nitrogens with zero attached hydrogens (tertiary/aromatic N) is 1. The maximum absolute atomic E-state index is 11.3. The van der Waals surface area contributed by atoms with Gasteiger partial charge in [-0.05, 0) is 18.2 Å². The minimum Gasteiger partial charge on any atom is -0.465 e. The number of hydrogen-bond donors (Lipinski definition) is 0. The van der Waals surface area contributed by atoms with Crippen molar-refractivity contribution in [3.8, 4) is 0 Å². The lowest BCUT2D eigenvalue weighted by Gasteiger charge is -1.99. The molecular formula is C12H10BrNO2S2. The van der Waals surface area contributed by atoms with Gasteiger partial charge < -0.3 is 4.74 Å². The van der Waals surface area contributed by atoms with Gasteiger partial charge in [-0.3, -0.25) is 0 Å². The lowest BCUT2D eigenvalue weighted by molar-refractivity contribution is 0.0606. The fourth-order valence-corrected chi connectivity index (χ4v) is 3.62. The Bertz CT molecular complexity index is 557. The monoisotopic (exact) mass is 343 g/mol. The summed E-state index contributed by atoms with van der Waals surface area (Å²) in [5.74, 6) is 0.421. The minimum absolute atomic E-state index is 0.328. The van der Waals surface area contributed by atoms with Crippen molar-refractivity contribution in [2.45, 2.75) is 10.6 Å². The first-order valence-corrected chi connectivity index (χ1v) is 7.70. The number of hydrogen-bond acceptors (Lipinski definition) is 5. The first-order valence-electron chi connectivity index (χ1n) is 5.10. The molecule has 1 aromatic heterocycles. The van der Waals surface area contributed by atoms with Crippen molar-refractivity contribution in [2.75, 3.05) is 7.11 Å². The predicted molar refractivity (Wildman–Crippen MR) is 77.2 cm³/mol. The molecule has 0 N–H and O–H groups in total. The maximum atomic E-state index is 11.3. The summed E-state index contributed by atoms with van der Waals surface area (Å²) in [5, 5.41) is 0.917. The van der Waals surface area contributed by atoms with E-state index in [9.17, 15) is 4.79 Å². The van der Waals surface area contributed by atoms with Crippen LogP contribution in [0, 0.1) is 0 Å². The van der Waals surface area contributed by atoms with Gasteiger partial charge in [0, 0.05) is 9.37 Å². The average molecular weight is 344 g/mol. The number of rotatable bonds is 4.